The maximum Gasteiger partial charge on any atom is 0.271 e. The topological polar surface area (TPSA) is 78.4 Å². The number of carbonyl (C=O) groups is 1. The van der Waals surface area contributed by atoms with E-state index in [4.69, 9.17) is 5.11 Å². The van der Waals surface area contributed by atoms with Crippen molar-refractivity contribution in [3.8, 4) is 0 Å². The van der Waals surface area contributed by atoms with Gasteiger partial charge in [0.2, 0.25) is 0 Å². The molecule has 6 heteroatoms. The molecule has 0 bridgehead atoms. The molecule has 0 aliphatic rings. The van der Waals surface area contributed by atoms with E-state index in [1.165, 1.54) is 0 Å². The monoisotopic (exact) mass is 238 g/mol. The van der Waals surface area contributed by atoms with Gasteiger partial charge in [-0.15, -0.1) is 10.2 Å². The number of nitrogens with zero attached hydrogens (tertiary/aromatic N) is 3. The van der Waals surface area contributed by atoms with Gasteiger partial charge in [0.1, 0.15) is 0 Å². The molecule has 17 heavy (non-hydrogen) atoms. The molecule has 1 heterocycles. The van der Waals surface area contributed by atoms with Gasteiger partial charge in [-0.2, -0.15) is 0 Å². The van der Waals surface area contributed by atoms with Gasteiger partial charge in [-0.25, -0.2) is 0 Å². The molecular formula is C11H18N4O2. The number of amides is 1. The van der Waals surface area contributed by atoms with Crippen molar-refractivity contribution in [1.29, 1.82) is 0 Å². The van der Waals surface area contributed by atoms with Crippen molar-refractivity contribution in [2.45, 2.75) is 19.9 Å². The van der Waals surface area contributed by atoms with E-state index < -0.39 is 0 Å². The second-order valence-electron chi connectivity index (χ2n) is 3.78. The first-order valence-electron chi connectivity index (χ1n) is 5.55. The Morgan fingerprint density at radius 1 is 1.53 bits per heavy atom. The molecule has 0 aromatic carbocycles. The van der Waals surface area contributed by atoms with Crippen LogP contribution in [0.1, 0.15) is 24.3 Å². The fourth-order valence-corrected chi connectivity index (χ4v) is 1.23. The molecule has 0 aliphatic carbocycles. The number of likely N-dealkylation sites (N-methyl/N-ethyl adjacent to an activating group) is 1. The van der Waals surface area contributed by atoms with Crippen LogP contribution in [0.4, 0.5) is 5.82 Å². The predicted octanol–water partition coefficient (Wildman–Crippen LogP) is 0.0433. The molecule has 0 fully saturated rings. The minimum Gasteiger partial charge on any atom is -0.394 e. The Labute approximate surface area is 101 Å². The summed E-state index contributed by atoms with van der Waals surface area (Å²) in [4.78, 5) is 13.2. The van der Waals surface area contributed by atoms with Crippen molar-refractivity contribution in [2.24, 2.45) is 0 Å². The van der Waals surface area contributed by atoms with Crippen molar-refractivity contribution in [2.75, 3.05) is 25.1 Å². The van der Waals surface area contributed by atoms with Crippen molar-refractivity contribution < 1.29 is 9.90 Å². The van der Waals surface area contributed by atoms with E-state index in [0.717, 1.165) is 0 Å². The number of aliphatic hydroxyl groups excluding tert-OH is 1. The standard InChI is InChI=1S/C11H18N4O2/c1-4-12-11(17)9-5-6-10(14-13-9)15(3)8(2)7-16/h5-6,8,16H,4,7H2,1-3H3,(H,12,17)/t8-/m1/s1. The minimum absolute atomic E-state index is 0.0379. The van der Waals surface area contributed by atoms with Gasteiger partial charge in [0.25, 0.3) is 5.91 Å². The summed E-state index contributed by atoms with van der Waals surface area (Å²) in [6, 6.07) is 3.29. The highest BCUT2D eigenvalue weighted by Crippen LogP contribution is 2.10. The number of anilines is 1. The van der Waals surface area contributed by atoms with Crippen LogP contribution < -0.4 is 10.2 Å². The van der Waals surface area contributed by atoms with Gasteiger partial charge in [0, 0.05) is 13.6 Å². The van der Waals surface area contributed by atoms with Crippen LogP contribution in [0, 0.1) is 0 Å². The Morgan fingerprint density at radius 3 is 2.71 bits per heavy atom. The number of rotatable bonds is 5. The average Bonchev–Trinajstić information content (AvgIpc) is 2.37. The first-order valence-corrected chi connectivity index (χ1v) is 5.55. The molecule has 0 aliphatic heterocycles. The van der Waals surface area contributed by atoms with E-state index in [9.17, 15) is 4.79 Å². The lowest BCUT2D eigenvalue weighted by Crippen LogP contribution is -2.33. The highest BCUT2D eigenvalue weighted by atomic mass is 16.3. The molecule has 2 N–H and O–H groups in total. The summed E-state index contributed by atoms with van der Waals surface area (Å²) < 4.78 is 0. The first-order chi connectivity index (χ1) is 8.10. The van der Waals surface area contributed by atoms with Gasteiger partial charge in [0.15, 0.2) is 11.5 Å². The molecule has 1 rings (SSSR count). The maximum atomic E-state index is 11.4. The van der Waals surface area contributed by atoms with Crippen molar-refractivity contribution in [3.63, 3.8) is 0 Å². The minimum atomic E-state index is -0.232. The Hall–Kier alpha value is -1.69. The summed E-state index contributed by atoms with van der Waals surface area (Å²) >= 11 is 0. The number of aromatic nitrogens is 2. The van der Waals surface area contributed by atoms with E-state index >= 15 is 0 Å². The molecule has 0 unspecified atom stereocenters. The van der Waals surface area contributed by atoms with Crippen molar-refractivity contribution in [1.82, 2.24) is 15.5 Å². The third-order valence-electron chi connectivity index (χ3n) is 2.51. The molecule has 0 radical (unpaired) electrons. The number of aliphatic hydroxyl groups is 1. The van der Waals surface area contributed by atoms with E-state index in [2.05, 4.69) is 15.5 Å². The number of nitrogens with one attached hydrogen (secondary N) is 1. The molecule has 6 nitrogen and oxygen atoms in total. The average molecular weight is 238 g/mol. The molecule has 1 atom stereocenters. The van der Waals surface area contributed by atoms with Gasteiger partial charge in [-0.3, -0.25) is 4.79 Å². The van der Waals surface area contributed by atoms with Crippen LogP contribution in [0.15, 0.2) is 12.1 Å². The molecule has 0 saturated heterocycles. The second kappa shape index (κ2) is 6.15. The van der Waals surface area contributed by atoms with Gasteiger partial charge in [0.05, 0.1) is 12.6 Å². The van der Waals surface area contributed by atoms with Gasteiger partial charge >= 0.3 is 0 Å². The van der Waals surface area contributed by atoms with Crippen LogP contribution in [0.25, 0.3) is 0 Å². The maximum absolute atomic E-state index is 11.4. The Balaban J connectivity index is 2.77. The zero-order chi connectivity index (χ0) is 12.8. The van der Waals surface area contributed by atoms with Gasteiger partial charge in [-0.05, 0) is 26.0 Å². The van der Waals surface area contributed by atoms with Gasteiger partial charge < -0.3 is 15.3 Å². The Kier molecular flexibility index (Phi) is 4.84. The predicted molar refractivity (Wildman–Crippen MR) is 65.0 cm³/mol. The largest absolute Gasteiger partial charge is 0.394 e. The summed E-state index contributed by atoms with van der Waals surface area (Å²) in [5.41, 5.74) is 0.292. The quantitative estimate of drug-likeness (QED) is 0.757. The van der Waals surface area contributed by atoms with E-state index in [1.807, 2.05) is 20.9 Å². The number of hydrogen-bond donors (Lipinski definition) is 2. The fraction of sp³-hybridized carbons (Fsp3) is 0.545. The van der Waals surface area contributed by atoms with Gasteiger partial charge in [-0.1, -0.05) is 0 Å². The lowest BCUT2D eigenvalue weighted by molar-refractivity contribution is 0.0950. The van der Waals surface area contributed by atoms with E-state index in [0.29, 0.717) is 18.1 Å². The molecule has 0 saturated carbocycles. The molecular weight excluding hydrogens is 220 g/mol. The SMILES string of the molecule is CCNC(=O)c1ccc(N(C)[C@H](C)CO)nn1. The number of hydrogen-bond acceptors (Lipinski definition) is 5. The third-order valence-corrected chi connectivity index (χ3v) is 2.51. The Bertz CT molecular complexity index is 366. The number of carbonyl (C=O) groups excluding carboxylic acids is 1. The van der Waals surface area contributed by atoms with Crippen LogP contribution in [-0.2, 0) is 0 Å². The van der Waals surface area contributed by atoms with Crippen molar-refractivity contribution >= 4 is 11.7 Å². The van der Waals surface area contributed by atoms with Crippen LogP contribution in [-0.4, -0.2) is 47.5 Å². The molecule has 94 valence electrons. The van der Waals surface area contributed by atoms with Crippen LogP contribution >= 0.6 is 0 Å². The van der Waals surface area contributed by atoms with E-state index in [-0.39, 0.29) is 18.6 Å². The zero-order valence-corrected chi connectivity index (χ0v) is 10.3. The van der Waals surface area contributed by atoms with Crippen molar-refractivity contribution in [3.05, 3.63) is 17.8 Å². The summed E-state index contributed by atoms with van der Waals surface area (Å²) in [7, 11) is 1.82. The summed E-state index contributed by atoms with van der Waals surface area (Å²) in [6.45, 7) is 4.32. The Morgan fingerprint density at radius 2 is 2.24 bits per heavy atom. The second-order valence-corrected chi connectivity index (χ2v) is 3.78. The first kappa shape index (κ1) is 13.4. The lowest BCUT2D eigenvalue weighted by atomic mass is 10.3. The molecule has 1 amide bonds. The fourth-order valence-electron chi connectivity index (χ4n) is 1.23. The summed E-state index contributed by atoms with van der Waals surface area (Å²) in [5.74, 6) is 0.393. The summed E-state index contributed by atoms with van der Waals surface area (Å²) in [5, 5.41) is 19.5. The smallest absolute Gasteiger partial charge is 0.271 e. The zero-order valence-electron chi connectivity index (χ0n) is 10.3. The highest BCUT2D eigenvalue weighted by molar-refractivity contribution is 5.92. The molecule has 1 aromatic rings. The summed E-state index contributed by atoms with van der Waals surface area (Å²) in [6.07, 6.45) is 0. The lowest BCUT2D eigenvalue weighted by Gasteiger charge is -2.23. The molecule has 1 aromatic heterocycles. The third kappa shape index (κ3) is 3.39. The normalized spacial score (nSPS) is 12.0. The molecule has 0 spiro atoms. The van der Waals surface area contributed by atoms with Crippen LogP contribution in [0.3, 0.4) is 0 Å². The van der Waals surface area contributed by atoms with Crippen LogP contribution in [0.2, 0.25) is 0 Å². The van der Waals surface area contributed by atoms with Crippen LogP contribution in [0.5, 0.6) is 0 Å². The highest BCUT2D eigenvalue weighted by Gasteiger charge is 2.12. The van der Waals surface area contributed by atoms with E-state index in [1.54, 1.807) is 17.0 Å².